The quantitative estimate of drug-likeness (QED) is 0.494. The number of hydrogen-bond acceptors (Lipinski definition) is 6. The van der Waals surface area contributed by atoms with E-state index in [2.05, 4.69) is 36.9 Å². The Bertz CT molecular complexity index is 1070. The monoisotopic (exact) mass is 439 g/mol. The fourth-order valence-electron chi connectivity index (χ4n) is 3.81. The van der Waals surface area contributed by atoms with Gasteiger partial charge in [-0.15, -0.1) is 11.3 Å². The van der Waals surface area contributed by atoms with Crippen LogP contribution in [0.1, 0.15) is 52.0 Å². The molecular formula is C23H29N5O2S. The Balaban J connectivity index is 1.69. The van der Waals surface area contributed by atoms with Crippen molar-refractivity contribution in [1.29, 1.82) is 0 Å². The first-order chi connectivity index (χ1) is 15.0. The van der Waals surface area contributed by atoms with Crippen molar-refractivity contribution in [2.24, 2.45) is 5.92 Å². The zero-order valence-electron chi connectivity index (χ0n) is 18.6. The van der Waals surface area contributed by atoms with Gasteiger partial charge in [0.05, 0.1) is 29.8 Å². The molecule has 0 bridgehead atoms. The molecule has 1 amide bonds. The highest BCUT2D eigenvalue weighted by atomic mass is 32.1. The molecule has 4 rings (SSSR count). The second kappa shape index (κ2) is 9.28. The molecule has 0 aliphatic heterocycles. The molecule has 0 atom stereocenters. The Morgan fingerprint density at radius 3 is 2.81 bits per heavy atom. The standard InChI is InChI=1S/C23H29N5O2S/c1-5-10-27(13-17-6-7-17)22(29)19-12-25-28(21(19)14-30-4)23-24-9-8-20(26-23)18-11-15(2)31-16(18)3/h8-9,11-12,17H,5-7,10,13-14H2,1-4H3. The van der Waals surface area contributed by atoms with Crippen LogP contribution in [0.3, 0.4) is 0 Å². The number of aromatic nitrogens is 4. The molecule has 3 aromatic rings. The summed E-state index contributed by atoms with van der Waals surface area (Å²) in [5, 5.41) is 4.49. The lowest BCUT2D eigenvalue weighted by Crippen LogP contribution is -2.34. The van der Waals surface area contributed by atoms with Crippen molar-refractivity contribution < 1.29 is 9.53 Å². The van der Waals surface area contributed by atoms with E-state index < -0.39 is 0 Å². The molecule has 0 N–H and O–H groups in total. The number of carbonyl (C=O) groups excluding carboxylic acids is 1. The summed E-state index contributed by atoms with van der Waals surface area (Å²) in [7, 11) is 1.62. The summed E-state index contributed by atoms with van der Waals surface area (Å²) in [6.45, 7) is 8.10. The summed E-state index contributed by atoms with van der Waals surface area (Å²) in [5.41, 5.74) is 3.19. The summed E-state index contributed by atoms with van der Waals surface area (Å²) < 4.78 is 7.06. The van der Waals surface area contributed by atoms with Crippen LogP contribution in [0.2, 0.25) is 0 Å². The van der Waals surface area contributed by atoms with E-state index in [4.69, 9.17) is 9.72 Å². The Morgan fingerprint density at radius 2 is 2.16 bits per heavy atom. The van der Waals surface area contributed by atoms with Crippen LogP contribution in [0.5, 0.6) is 0 Å². The van der Waals surface area contributed by atoms with Crippen molar-refractivity contribution in [2.45, 2.75) is 46.6 Å². The van der Waals surface area contributed by atoms with Gasteiger partial charge in [-0.05, 0) is 51.2 Å². The van der Waals surface area contributed by atoms with Crippen LogP contribution in [0.15, 0.2) is 24.5 Å². The van der Waals surface area contributed by atoms with Gasteiger partial charge in [0.25, 0.3) is 11.9 Å². The zero-order chi connectivity index (χ0) is 22.0. The maximum atomic E-state index is 13.4. The molecule has 8 heteroatoms. The molecule has 0 radical (unpaired) electrons. The second-order valence-corrected chi connectivity index (χ2v) is 9.57. The van der Waals surface area contributed by atoms with E-state index in [1.54, 1.807) is 35.5 Å². The van der Waals surface area contributed by atoms with Gasteiger partial charge < -0.3 is 9.64 Å². The summed E-state index contributed by atoms with van der Waals surface area (Å²) >= 11 is 1.75. The molecule has 3 heterocycles. The van der Waals surface area contributed by atoms with Crippen LogP contribution in [-0.2, 0) is 11.3 Å². The van der Waals surface area contributed by atoms with Crippen molar-refractivity contribution in [1.82, 2.24) is 24.6 Å². The summed E-state index contributed by atoms with van der Waals surface area (Å²) in [4.78, 5) is 27.0. The number of aryl methyl sites for hydroxylation is 2. The van der Waals surface area contributed by atoms with Gasteiger partial charge in [0.2, 0.25) is 0 Å². The first-order valence-electron chi connectivity index (χ1n) is 10.8. The number of thiophene rings is 1. The lowest BCUT2D eigenvalue weighted by molar-refractivity contribution is 0.0742. The van der Waals surface area contributed by atoms with Crippen LogP contribution in [0, 0.1) is 19.8 Å². The third-order valence-corrected chi connectivity index (χ3v) is 6.45. The van der Waals surface area contributed by atoms with Crippen LogP contribution < -0.4 is 0 Å². The summed E-state index contributed by atoms with van der Waals surface area (Å²) in [6, 6.07) is 4.04. The van der Waals surface area contributed by atoms with Gasteiger partial charge in [-0.2, -0.15) is 9.78 Å². The molecule has 0 unspecified atom stereocenters. The highest BCUT2D eigenvalue weighted by Crippen LogP contribution is 2.31. The molecule has 3 aromatic heterocycles. The molecule has 1 aliphatic carbocycles. The average molecular weight is 440 g/mol. The Morgan fingerprint density at radius 1 is 1.35 bits per heavy atom. The van der Waals surface area contributed by atoms with Gasteiger partial charge in [0.1, 0.15) is 0 Å². The highest BCUT2D eigenvalue weighted by Gasteiger charge is 2.29. The number of carbonyl (C=O) groups is 1. The molecule has 0 spiro atoms. The SMILES string of the molecule is CCCN(CC1CC1)C(=O)c1cnn(-c2nccc(-c3cc(C)sc3C)n2)c1COC. The third kappa shape index (κ3) is 4.70. The third-order valence-electron chi connectivity index (χ3n) is 5.49. The van der Waals surface area contributed by atoms with Crippen LogP contribution in [0.25, 0.3) is 17.2 Å². The van der Waals surface area contributed by atoms with Gasteiger partial charge in [0.15, 0.2) is 0 Å². The van der Waals surface area contributed by atoms with Crippen molar-refractivity contribution in [3.63, 3.8) is 0 Å². The van der Waals surface area contributed by atoms with E-state index in [0.29, 0.717) is 23.1 Å². The number of ether oxygens (including phenoxy) is 1. The van der Waals surface area contributed by atoms with E-state index in [9.17, 15) is 4.79 Å². The lowest BCUT2D eigenvalue weighted by Gasteiger charge is -2.22. The predicted octanol–water partition coefficient (Wildman–Crippen LogP) is 4.42. The molecule has 164 valence electrons. The second-order valence-electron chi connectivity index (χ2n) is 8.11. The van der Waals surface area contributed by atoms with Crippen molar-refractivity contribution in [3.05, 3.63) is 45.5 Å². The number of nitrogens with zero attached hydrogens (tertiary/aromatic N) is 5. The van der Waals surface area contributed by atoms with Crippen LogP contribution >= 0.6 is 11.3 Å². The Kier molecular flexibility index (Phi) is 6.48. The maximum Gasteiger partial charge on any atom is 0.257 e. The maximum absolute atomic E-state index is 13.4. The Labute approximate surface area is 187 Å². The molecule has 31 heavy (non-hydrogen) atoms. The van der Waals surface area contributed by atoms with E-state index in [1.165, 1.54) is 22.6 Å². The van der Waals surface area contributed by atoms with E-state index in [-0.39, 0.29) is 12.5 Å². The first-order valence-corrected chi connectivity index (χ1v) is 11.6. The zero-order valence-corrected chi connectivity index (χ0v) is 19.4. The molecule has 7 nitrogen and oxygen atoms in total. The fourth-order valence-corrected chi connectivity index (χ4v) is 4.75. The fraction of sp³-hybridized carbons (Fsp3) is 0.478. The van der Waals surface area contributed by atoms with E-state index in [1.807, 2.05) is 11.0 Å². The molecular weight excluding hydrogens is 410 g/mol. The Hall–Kier alpha value is -2.58. The van der Waals surface area contributed by atoms with E-state index in [0.717, 1.165) is 30.8 Å². The van der Waals surface area contributed by atoms with Crippen LogP contribution in [-0.4, -0.2) is 50.8 Å². The molecule has 0 aromatic carbocycles. The smallest absolute Gasteiger partial charge is 0.257 e. The van der Waals surface area contributed by atoms with Gasteiger partial charge in [0, 0.05) is 41.7 Å². The number of methoxy groups -OCH3 is 1. The minimum absolute atomic E-state index is 0.00695. The molecule has 0 saturated heterocycles. The van der Waals surface area contributed by atoms with Gasteiger partial charge >= 0.3 is 0 Å². The number of rotatable bonds is 9. The molecule has 1 fully saturated rings. The largest absolute Gasteiger partial charge is 0.378 e. The summed E-state index contributed by atoms with van der Waals surface area (Å²) in [5.74, 6) is 1.08. The lowest BCUT2D eigenvalue weighted by atomic mass is 10.2. The topological polar surface area (TPSA) is 73.1 Å². The van der Waals surface area contributed by atoms with Gasteiger partial charge in [-0.3, -0.25) is 4.79 Å². The van der Waals surface area contributed by atoms with Gasteiger partial charge in [-0.1, -0.05) is 6.92 Å². The first kappa shape index (κ1) is 21.6. The predicted molar refractivity (Wildman–Crippen MR) is 122 cm³/mol. The minimum Gasteiger partial charge on any atom is -0.378 e. The normalized spacial score (nSPS) is 13.5. The van der Waals surface area contributed by atoms with E-state index >= 15 is 0 Å². The average Bonchev–Trinajstić information content (AvgIpc) is 3.38. The number of hydrogen-bond donors (Lipinski definition) is 0. The molecule has 1 aliphatic rings. The van der Waals surface area contributed by atoms with Gasteiger partial charge in [-0.25, -0.2) is 9.97 Å². The minimum atomic E-state index is 0.00695. The number of amides is 1. The van der Waals surface area contributed by atoms with Crippen molar-refractivity contribution in [3.8, 4) is 17.2 Å². The highest BCUT2D eigenvalue weighted by molar-refractivity contribution is 7.12. The van der Waals surface area contributed by atoms with Crippen LogP contribution in [0.4, 0.5) is 0 Å². The van der Waals surface area contributed by atoms with Crippen molar-refractivity contribution in [2.75, 3.05) is 20.2 Å². The van der Waals surface area contributed by atoms with Crippen molar-refractivity contribution >= 4 is 17.2 Å². The summed E-state index contributed by atoms with van der Waals surface area (Å²) in [6.07, 6.45) is 6.71. The molecule has 1 saturated carbocycles.